The molecule has 0 aliphatic carbocycles. The minimum atomic E-state index is -1.26. The van der Waals surface area contributed by atoms with Gasteiger partial charge in [0.15, 0.2) is 0 Å². The molecule has 0 saturated heterocycles. The molecule has 4 aromatic rings. The van der Waals surface area contributed by atoms with Crippen LogP contribution in [0.2, 0.25) is 0 Å². The Hall–Kier alpha value is -4.28. The van der Waals surface area contributed by atoms with Gasteiger partial charge in [-0.05, 0) is 61.3 Å². The van der Waals surface area contributed by atoms with Gasteiger partial charge in [0.25, 0.3) is 0 Å². The van der Waals surface area contributed by atoms with Crippen molar-refractivity contribution < 1.29 is 30.0 Å². The fourth-order valence-corrected chi connectivity index (χ4v) is 4.00. The van der Waals surface area contributed by atoms with Crippen LogP contribution in [0.4, 0.5) is 0 Å². The maximum absolute atomic E-state index is 9.81. The summed E-state index contributed by atoms with van der Waals surface area (Å²) in [7, 11) is 0. The lowest BCUT2D eigenvalue weighted by atomic mass is 10.1. The number of hydrogen-bond acceptors (Lipinski definition) is 6. The molecule has 40 heavy (non-hydrogen) atoms. The second kappa shape index (κ2) is 16.0. The van der Waals surface area contributed by atoms with Gasteiger partial charge in [-0.15, -0.1) is 0 Å². The van der Waals surface area contributed by atoms with E-state index in [4.69, 9.17) is 10.2 Å². The van der Waals surface area contributed by atoms with Gasteiger partial charge in [0.05, 0.1) is 0 Å². The van der Waals surface area contributed by atoms with E-state index in [9.17, 15) is 19.8 Å². The van der Waals surface area contributed by atoms with E-state index in [1.54, 1.807) is 12.1 Å². The summed E-state index contributed by atoms with van der Waals surface area (Å²) in [6, 6.07) is 12.1. The molecule has 2 aromatic heterocycles. The minimum absolute atomic E-state index is 0.360. The van der Waals surface area contributed by atoms with E-state index in [0.29, 0.717) is 35.7 Å². The Labute approximate surface area is 233 Å². The first-order valence-electron chi connectivity index (χ1n) is 13.2. The summed E-state index contributed by atoms with van der Waals surface area (Å²) in [6.07, 6.45) is 6.93. The van der Waals surface area contributed by atoms with Gasteiger partial charge >= 0.3 is 11.9 Å². The maximum Gasteiger partial charge on any atom is 0.328 e. The second-order valence-corrected chi connectivity index (χ2v) is 9.75. The monoisotopic (exact) mass is 552 g/mol. The Morgan fingerprint density at radius 3 is 1.43 bits per heavy atom. The summed E-state index contributed by atoms with van der Waals surface area (Å²) in [5.41, 5.74) is 4.33. The van der Waals surface area contributed by atoms with Crippen molar-refractivity contribution in [1.82, 2.24) is 20.6 Å². The van der Waals surface area contributed by atoms with E-state index in [2.05, 4.69) is 48.3 Å². The van der Waals surface area contributed by atoms with Crippen molar-refractivity contribution in [2.75, 3.05) is 13.1 Å². The third kappa shape index (κ3) is 10.5. The molecule has 10 nitrogen and oxygen atoms in total. The van der Waals surface area contributed by atoms with Crippen molar-refractivity contribution in [1.29, 1.82) is 0 Å². The Bertz CT molecular complexity index is 1300. The highest BCUT2D eigenvalue weighted by atomic mass is 16.4. The van der Waals surface area contributed by atoms with Crippen LogP contribution in [-0.2, 0) is 22.4 Å². The largest absolute Gasteiger partial charge is 0.507 e. The highest BCUT2D eigenvalue weighted by Crippen LogP contribution is 2.28. The van der Waals surface area contributed by atoms with Gasteiger partial charge in [-0.25, -0.2) is 9.59 Å². The van der Waals surface area contributed by atoms with Crippen LogP contribution < -0.4 is 10.6 Å². The number of aromatic hydroxyl groups is 2. The smallest absolute Gasteiger partial charge is 0.328 e. The molecule has 0 aliphatic heterocycles. The average molecular weight is 553 g/mol. The molecule has 0 unspecified atom stereocenters. The molecule has 0 fully saturated rings. The minimum Gasteiger partial charge on any atom is -0.507 e. The Balaban J connectivity index is 0.000000224. The predicted octanol–water partition coefficient (Wildman–Crippen LogP) is 4.54. The number of carboxylic acids is 2. The quantitative estimate of drug-likeness (QED) is 0.133. The normalized spacial score (nSPS) is 11.1. The summed E-state index contributed by atoms with van der Waals surface area (Å²) in [6.45, 7) is 10.4. The number of fused-ring (bicyclic) bond motifs is 2. The molecule has 0 radical (unpaired) electrons. The molecule has 0 amide bonds. The maximum atomic E-state index is 9.81. The number of H-pyrrole nitrogens is 2. The van der Waals surface area contributed by atoms with Gasteiger partial charge in [0.1, 0.15) is 11.5 Å². The molecule has 0 bridgehead atoms. The van der Waals surface area contributed by atoms with Crippen molar-refractivity contribution in [3.63, 3.8) is 0 Å². The standard InChI is InChI=1S/2C13H18N2O.C4H4O4/c2*1-9(2)14-7-6-10-8-15-11-4-3-5-12(16)13(10)11;5-3(6)1-2-4(7)8/h2*3-5,8-9,14-16H,6-7H2,1-2H3;1-2H,(H,5,6)(H,7,8)/b;;2-1+. The van der Waals surface area contributed by atoms with E-state index in [1.165, 1.54) is 11.1 Å². The molecule has 2 heterocycles. The number of hydrogen-bond donors (Lipinski definition) is 8. The number of phenolic OH excluding ortho intramolecular Hbond substituents is 2. The van der Waals surface area contributed by atoms with Crippen LogP contribution in [0.25, 0.3) is 21.8 Å². The van der Waals surface area contributed by atoms with Crippen LogP contribution in [0.1, 0.15) is 38.8 Å². The number of aromatic amines is 2. The van der Waals surface area contributed by atoms with Crippen LogP contribution in [0.15, 0.2) is 60.9 Å². The lowest BCUT2D eigenvalue weighted by molar-refractivity contribution is -0.134. The molecule has 10 heteroatoms. The Kier molecular flexibility index (Phi) is 12.7. The van der Waals surface area contributed by atoms with Crippen molar-refractivity contribution in [2.24, 2.45) is 0 Å². The van der Waals surface area contributed by atoms with Crippen LogP contribution in [0.5, 0.6) is 11.5 Å². The van der Waals surface area contributed by atoms with Crippen LogP contribution >= 0.6 is 0 Å². The summed E-state index contributed by atoms with van der Waals surface area (Å²) in [5.74, 6) is -1.80. The third-order valence-corrected chi connectivity index (χ3v) is 5.79. The van der Waals surface area contributed by atoms with Crippen LogP contribution in [-0.4, -0.2) is 67.5 Å². The summed E-state index contributed by atoms with van der Waals surface area (Å²) < 4.78 is 0. The average Bonchev–Trinajstić information content (AvgIpc) is 3.49. The molecule has 2 aromatic carbocycles. The van der Waals surface area contributed by atoms with E-state index in [0.717, 1.165) is 47.7 Å². The lowest BCUT2D eigenvalue weighted by Gasteiger charge is -2.07. The number of nitrogens with one attached hydrogen (secondary N) is 4. The number of carboxylic acid groups (broad SMARTS) is 2. The third-order valence-electron chi connectivity index (χ3n) is 5.79. The number of phenols is 2. The molecule has 4 rings (SSSR count). The predicted molar refractivity (Wildman–Crippen MR) is 158 cm³/mol. The molecule has 0 saturated carbocycles. The van der Waals surface area contributed by atoms with Gasteiger partial charge in [0.2, 0.25) is 0 Å². The van der Waals surface area contributed by atoms with E-state index in [1.807, 2.05) is 36.7 Å². The van der Waals surface area contributed by atoms with Gasteiger partial charge < -0.3 is 41.0 Å². The number of aromatic nitrogens is 2. The number of carbonyl (C=O) groups is 2. The van der Waals surface area contributed by atoms with Crippen molar-refractivity contribution in [2.45, 2.75) is 52.6 Å². The summed E-state index contributed by atoms with van der Waals surface area (Å²) >= 11 is 0. The zero-order valence-corrected chi connectivity index (χ0v) is 23.4. The first kappa shape index (κ1) is 31.9. The first-order chi connectivity index (χ1) is 19.0. The van der Waals surface area contributed by atoms with Gasteiger partial charge in [-0.2, -0.15) is 0 Å². The first-order valence-corrected chi connectivity index (χ1v) is 13.2. The van der Waals surface area contributed by atoms with Crippen LogP contribution in [0.3, 0.4) is 0 Å². The lowest BCUT2D eigenvalue weighted by Crippen LogP contribution is -2.24. The SMILES string of the molecule is CC(C)NCCc1c[nH]c2cccc(O)c12.CC(C)NCCc1c[nH]c2cccc(O)c12.O=C(O)/C=C/C(=O)O. The van der Waals surface area contributed by atoms with E-state index < -0.39 is 11.9 Å². The van der Waals surface area contributed by atoms with E-state index in [-0.39, 0.29) is 0 Å². The van der Waals surface area contributed by atoms with Crippen molar-refractivity contribution in [3.05, 3.63) is 72.1 Å². The zero-order chi connectivity index (χ0) is 29.7. The molecule has 8 N–H and O–H groups in total. The molecule has 0 atom stereocenters. The molecular formula is C30H40N4O6. The number of benzene rings is 2. The molecule has 216 valence electrons. The highest BCUT2D eigenvalue weighted by molar-refractivity contribution is 5.90. The topological polar surface area (TPSA) is 171 Å². The van der Waals surface area contributed by atoms with Crippen molar-refractivity contribution in [3.8, 4) is 11.5 Å². The molecule has 0 spiro atoms. The van der Waals surface area contributed by atoms with Gasteiger partial charge in [-0.3, -0.25) is 0 Å². The van der Waals surface area contributed by atoms with E-state index >= 15 is 0 Å². The Morgan fingerprint density at radius 1 is 0.725 bits per heavy atom. The fourth-order valence-electron chi connectivity index (χ4n) is 4.00. The molecule has 0 aliphatic rings. The van der Waals surface area contributed by atoms with Crippen molar-refractivity contribution >= 4 is 33.7 Å². The van der Waals surface area contributed by atoms with Gasteiger partial charge in [0, 0.05) is 58.4 Å². The van der Waals surface area contributed by atoms with Crippen LogP contribution in [0, 0.1) is 0 Å². The second-order valence-electron chi connectivity index (χ2n) is 9.75. The fraction of sp³-hybridized carbons (Fsp3) is 0.333. The highest BCUT2D eigenvalue weighted by Gasteiger charge is 2.08. The zero-order valence-electron chi connectivity index (χ0n) is 23.4. The van der Waals surface area contributed by atoms with Gasteiger partial charge in [-0.1, -0.05) is 39.8 Å². The number of aliphatic carboxylic acids is 2. The Morgan fingerprint density at radius 2 is 1.10 bits per heavy atom. The number of rotatable bonds is 10. The summed E-state index contributed by atoms with van der Waals surface area (Å²) in [5, 5.41) is 43.9. The summed E-state index contributed by atoms with van der Waals surface area (Å²) in [4.78, 5) is 25.5. The molecular weight excluding hydrogens is 512 g/mol.